The van der Waals surface area contributed by atoms with E-state index < -0.39 is 11.9 Å². The summed E-state index contributed by atoms with van der Waals surface area (Å²) < 4.78 is 0. The van der Waals surface area contributed by atoms with Gasteiger partial charge in [-0.15, -0.1) is 0 Å². The van der Waals surface area contributed by atoms with Crippen LogP contribution in [0, 0.1) is 0 Å². The van der Waals surface area contributed by atoms with Crippen LogP contribution in [0.4, 0.5) is 4.79 Å². The molecule has 3 amide bonds. The van der Waals surface area contributed by atoms with E-state index in [0.29, 0.717) is 0 Å². The van der Waals surface area contributed by atoms with Crippen molar-refractivity contribution >= 4 is 17.9 Å². The Morgan fingerprint density at radius 1 is 1.44 bits per heavy atom. The van der Waals surface area contributed by atoms with Crippen LogP contribution in [-0.4, -0.2) is 46.5 Å². The number of nitrogens with two attached hydrogens (primary N) is 1. The molecule has 1 unspecified atom stereocenters. The number of carboxylic acid groups (broad SMARTS) is 1. The van der Waals surface area contributed by atoms with Gasteiger partial charge in [-0.05, 0) is 19.8 Å². The van der Waals surface area contributed by atoms with E-state index in [1.807, 2.05) is 0 Å². The summed E-state index contributed by atoms with van der Waals surface area (Å²) in [7, 11) is 0. The van der Waals surface area contributed by atoms with E-state index >= 15 is 0 Å². The number of carbonyl (C=O) groups excluding carboxylic acids is 2. The van der Waals surface area contributed by atoms with E-state index in [2.05, 4.69) is 5.32 Å². The first-order valence-electron chi connectivity index (χ1n) is 5.97. The number of amides is 3. The van der Waals surface area contributed by atoms with Gasteiger partial charge in [0.1, 0.15) is 0 Å². The molecular formula is C11H19N3O4. The van der Waals surface area contributed by atoms with Gasteiger partial charge >= 0.3 is 12.0 Å². The standard InChI is InChI=1S/C11H19N3O4/c1-7(6-9(12)15)13-11(18)14(8-2-3-8)5-4-10(16)17/h7-8H,2-6H2,1H3,(H2,12,15)(H,13,18)(H,16,17). The lowest BCUT2D eigenvalue weighted by Gasteiger charge is -2.24. The van der Waals surface area contributed by atoms with Crippen molar-refractivity contribution in [1.82, 2.24) is 10.2 Å². The topological polar surface area (TPSA) is 113 Å². The lowest BCUT2D eigenvalue weighted by Crippen LogP contribution is -2.46. The molecule has 1 atom stereocenters. The van der Waals surface area contributed by atoms with Gasteiger partial charge in [0.05, 0.1) is 6.42 Å². The summed E-state index contributed by atoms with van der Waals surface area (Å²) in [4.78, 5) is 34.6. The van der Waals surface area contributed by atoms with Crippen molar-refractivity contribution in [3.63, 3.8) is 0 Å². The molecule has 0 radical (unpaired) electrons. The highest BCUT2D eigenvalue weighted by Crippen LogP contribution is 2.27. The van der Waals surface area contributed by atoms with Crippen LogP contribution in [0.15, 0.2) is 0 Å². The highest BCUT2D eigenvalue weighted by Gasteiger charge is 2.33. The zero-order valence-electron chi connectivity index (χ0n) is 10.4. The molecule has 1 rings (SSSR count). The summed E-state index contributed by atoms with van der Waals surface area (Å²) in [6, 6.07) is -0.543. The Balaban J connectivity index is 2.44. The predicted octanol–water partition coefficient (Wildman–Crippen LogP) is -0.101. The van der Waals surface area contributed by atoms with Crippen molar-refractivity contribution in [1.29, 1.82) is 0 Å². The summed E-state index contributed by atoms with van der Waals surface area (Å²) >= 11 is 0. The third kappa shape index (κ3) is 5.03. The summed E-state index contributed by atoms with van der Waals surface area (Å²) in [5.41, 5.74) is 5.03. The summed E-state index contributed by atoms with van der Waals surface area (Å²) in [6.07, 6.45) is 1.80. The third-order valence-corrected chi connectivity index (χ3v) is 2.69. The highest BCUT2D eigenvalue weighted by molar-refractivity contribution is 5.78. The fraction of sp³-hybridized carbons (Fsp3) is 0.727. The van der Waals surface area contributed by atoms with Crippen LogP contribution in [0.1, 0.15) is 32.6 Å². The molecule has 0 aliphatic heterocycles. The zero-order chi connectivity index (χ0) is 13.7. The smallest absolute Gasteiger partial charge is 0.317 e. The molecule has 7 heteroatoms. The lowest BCUT2D eigenvalue weighted by atomic mass is 10.2. The lowest BCUT2D eigenvalue weighted by molar-refractivity contribution is -0.137. The molecule has 0 saturated heterocycles. The van der Waals surface area contributed by atoms with Gasteiger partial charge in [0.2, 0.25) is 5.91 Å². The van der Waals surface area contributed by atoms with Gasteiger partial charge in [-0.3, -0.25) is 9.59 Å². The monoisotopic (exact) mass is 257 g/mol. The van der Waals surface area contributed by atoms with Crippen molar-refractivity contribution in [3.05, 3.63) is 0 Å². The highest BCUT2D eigenvalue weighted by atomic mass is 16.4. The number of carboxylic acids is 1. The number of aliphatic carboxylic acids is 1. The van der Waals surface area contributed by atoms with Crippen LogP contribution in [0.3, 0.4) is 0 Å². The molecule has 0 aromatic heterocycles. The Labute approximate surface area is 105 Å². The van der Waals surface area contributed by atoms with Gasteiger partial charge in [-0.25, -0.2) is 4.79 Å². The normalized spacial score (nSPS) is 15.8. The first-order valence-corrected chi connectivity index (χ1v) is 5.97. The van der Waals surface area contributed by atoms with Crippen LogP contribution in [0.2, 0.25) is 0 Å². The van der Waals surface area contributed by atoms with E-state index in [1.165, 1.54) is 4.90 Å². The van der Waals surface area contributed by atoms with Crippen molar-refractivity contribution in [2.45, 2.75) is 44.7 Å². The van der Waals surface area contributed by atoms with Gasteiger partial charge in [0, 0.05) is 25.0 Å². The largest absolute Gasteiger partial charge is 0.481 e. The second kappa shape index (κ2) is 6.23. The molecule has 1 aliphatic rings. The van der Waals surface area contributed by atoms with Gasteiger partial charge in [0.25, 0.3) is 0 Å². The number of hydrogen-bond acceptors (Lipinski definition) is 3. The zero-order valence-corrected chi connectivity index (χ0v) is 10.4. The maximum absolute atomic E-state index is 11.9. The first-order chi connectivity index (χ1) is 8.40. The van der Waals surface area contributed by atoms with Gasteiger partial charge < -0.3 is 21.1 Å². The molecule has 18 heavy (non-hydrogen) atoms. The number of nitrogens with zero attached hydrogens (tertiary/aromatic N) is 1. The van der Waals surface area contributed by atoms with E-state index in [9.17, 15) is 14.4 Å². The van der Waals surface area contributed by atoms with Crippen molar-refractivity contribution in [2.24, 2.45) is 5.73 Å². The first kappa shape index (κ1) is 14.3. The minimum Gasteiger partial charge on any atom is -0.481 e. The number of urea groups is 1. The quantitative estimate of drug-likeness (QED) is 0.591. The Morgan fingerprint density at radius 2 is 2.06 bits per heavy atom. The molecule has 0 bridgehead atoms. The second-order valence-electron chi connectivity index (χ2n) is 4.59. The van der Waals surface area contributed by atoms with Crippen molar-refractivity contribution in [3.8, 4) is 0 Å². The summed E-state index contributed by atoms with van der Waals surface area (Å²) in [5.74, 6) is -1.41. The maximum atomic E-state index is 11.9. The summed E-state index contributed by atoms with van der Waals surface area (Å²) in [6.45, 7) is 1.88. The molecule has 102 valence electrons. The number of primary amides is 1. The number of nitrogens with one attached hydrogen (secondary N) is 1. The van der Waals surface area contributed by atoms with E-state index in [-0.39, 0.29) is 37.5 Å². The average molecular weight is 257 g/mol. The Bertz CT molecular complexity index is 341. The SMILES string of the molecule is CC(CC(N)=O)NC(=O)N(CCC(=O)O)C1CC1. The predicted molar refractivity (Wildman–Crippen MR) is 63.8 cm³/mol. The molecule has 1 aliphatic carbocycles. The van der Waals surface area contributed by atoms with Crippen LogP contribution >= 0.6 is 0 Å². The van der Waals surface area contributed by atoms with Gasteiger partial charge in [0.15, 0.2) is 0 Å². The maximum Gasteiger partial charge on any atom is 0.317 e. The second-order valence-corrected chi connectivity index (χ2v) is 4.59. The molecule has 1 saturated carbocycles. The van der Waals surface area contributed by atoms with E-state index in [1.54, 1.807) is 6.92 Å². The molecule has 4 N–H and O–H groups in total. The third-order valence-electron chi connectivity index (χ3n) is 2.69. The number of rotatable bonds is 7. The molecule has 0 aromatic carbocycles. The average Bonchev–Trinajstić information content (AvgIpc) is 2.99. The van der Waals surface area contributed by atoms with Gasteiger partial charge in [-0.2, -0.15) is 0 Å². The molecule has 1 fully saturated rings. The Hall–Kier alpha value is -1.79. The van der Waals surface area contributed by atoms with Crippen LogP contribution in [0.5, 0.6) is 0 Å². The molecule has 7 nitrogen and oxygen atoms in total. The molecule has 0 heterocycles. The molecular weight excluding hydrogens is 238 g/mol. The molecule has 0 spiro atoms. The van der Waals surface area contributed by atoms with Gasteiger partial charge in [-0.1, -0.05) is 0 Å². The number of hydrogen-bond donors (Lipinski definition) is 3. The van der Waals surface area contributed by atoms with Crippen LogP contribution in [-0.2, 0) is 9.59 Å². The Kier molecular flexibility index (Phi) is 4.94. The van der Waals surface area contributed by atoms with Crippen LogP contribution in [0.25, 0.3) is 0 Å². The minimum absolute atomic E-state index is 0.0726. The fourth-order valence-corrected chi connectivity index (χ4v) is 1.70. The fourth-order valence-electron chi connectivity index (χ4n) is 1.70. The van der Waals surface area contributed by atoms with Crippen LogP contribution < -0.4 is 11.1 Å². The van der Waals surface area contributed by atoms with E-state index in [0.717, 1.165) is 12.8 Å². The van der Waals surface area contributed by atoms with Crippen molar-refractivity contribution in [2.75, 3.05) is 6.54 Å². The van der Waals surface area contributed by atoms with Crippen molar-refractivity contribution < 1.29 is 19.5 Å². The summed E-state index contributed by atoms with van der Waals surface area (Å²) in [5, 5.41) is 11.3. The van der Waals surface area contributed by atoms with E-state index in [4.69, 9.17) is 10.8 Å². The molecule has 0 aromatic rings. The number of carbonyl (C=O) groups is 3. The minimum atomic E-state index is -0.932. The Morgan fingerprint density at radius 3 is 2.50 bits per heavy atom.